The van der Waals surface area contributed by atoms with E-state index in [0.29, 0.717) is 18.3 Å². The summed E-state index contributed by atoms with van der Waals surface area (Å²) in [4.78, 5) is 14.1. The van der Waals surface area contributed by atoms with Crippen molar-refractivity contribution >= 4 is 23.1 Å². The summed E-state index contributed by atoms with van der Waals surface area (Å²) in [5.41, 5.74) is 3.66. The SMILES string of the molecule is CC1C2=CC(=O)CC(C)N2c2ccc(Cl)cc2C1C. The van der Waals surface area contributed by atoms with E-state index in [1.807, 2.05) is 12.1 Å². The van der Waals surface area contributed by atoms with Crippen LogP contribution in [0.4, 0.5) is 5.69 Å². The van der Waals surface area contributed by atoms with Crippen molar-refractivity contribution in [1.82, 2.24) is 0 Å². The molecule has 100 valence electrons. The highest BCUT2D eigenvalue weighted by Gasteiger charge is 2.37. The molecule has 19 heavy (non-hydrogen) atoms. The van der Waals surface area contributed by atoms with Crippen molar-refractivity contribution in [3.05, 3.63) is 40.6 Å². The maximum Gasteiger partial charge on any atom is 0.159 e. The van der Waals surface area contributed by atoms with Gasteiger partial charge in [-0.05, 0) is 36.6 Å². The van der Waals surface area contributed by atoms with Crippen LogP contribution in [0.25, 0.3) is 0 Å². The van der Waals surface area contributed by atoms with Crippen LogP contribution in [0.1, 0.15) is 38.7 Å². The van der Waals surface area contributed by atoms with Crippen molar-refractivity contribution in [1.29, 1.82) is 0 Å². The van der Waals surface area contributed by atoms with Gasteiger partial charge in [-0.25, -0.2) is 0 Å². The zero-order valence-corrected chi connectivity index (χ0v) is 12.2. The Morgan fingerprint density at radius 3 is 2.68 bits per heavy atom. The summed E-state index contributed by atoms with van der Waals surface area (Å²) < 4.78 is 0. The van der Waals surface area contributed by atoms with E-state index in [0.717, 1.165) is 10.7 Å². The second-order valence-electron chi connectivity index (χ2n) is 5.74. The molecule has 3 atom stereocenters. The van der Waals surface area contributed by atoms with Gasteiger partial charge in [0.25, 0.3) is 0 Å². The van der Waals surface area contributed by atoms with Crippen LogP contribution >= 0.6 is 11.6 Å². The lowest BCUT2D eigenvalue weighted by molar-refractivity contribution is -0.115. The van der Waals surface area contributed by atoms with E-state index in [1.54, 1.807) is 0 Å². The summed E-state index contributed by atoms with van der Waals surface area (Å²) in [6.07, 6.45) is 2.42. The molecule has 0 spiro atoms. The summed E-state index contributed by atoms with van der Waals surface area (Å²) in [7, 11) is 0. The first-order valence-corrected chi connectivity index (χ1v) is 7.20. The molecule has 0 aromatic heterocycles. The van der Waals surface area contributed by atoms with E-state index in [9.17, 15) is 4.79 Å². The zero-order valence-electron chi connectivity index (χ0n) is 11.5. The molecule has 0 fully saturated rings. The second kappa shape index (κ2) is 4.38. The summed E-state index contributed by atoms with van der Waals surface area (Å²) >= 11 is 6.14. The van der Waals surface area contributed by atoms with Crippen LogP contribution in [0.15, 0.2) is 30.0 Å². The Kier molecular flexibility index (Phi) is 2.94. The quantitative estimate of drug-likeness (QED) is 0.709. The molecular weight excluding hydrogens is 258 g/mol. The van der Waals surface area contributed by atoms with Crippen LogP contribution in [0.2, 0.25) is 5.02 Å². The third-order valence-corrected chi connectivity index (χ3v) is 4.72. The molecule has 1 aromatic rings. The van der Waals surface area contributed by atoms with E-state index in [4.69, 9.17) is 11.6 Å². The lowest BCUT2D eigenvalue weighted by atomic mass is 9.78. The van der Waals surface area contributed by atoms with Gasteiger partial charge < -0.3 is 4.90 Å². The number of ketones is 1. The van der Waals surface area contributed by atoms with Crippen LogP contribution in [-0.4, -0.2) is 11.8 Å². The lowest BCUT2D eigenvalue weighted by Gasteiger charge is -2.45. The summed E-state index contributed by atoms with van der Waals surface area (Å²) in [6, 6.07) is 6.31. The fourth-order valence-corrected chi connectivity index (χ4v) is 3.47. The molecule has 0 aliphatic carbocycles. The molecule has 0 N–H and O–H groups in total. The molecule has 3 unspecified atom stereocenters. The zero-order chi connectivity index (χ0) is 13.7. The fraction of sp³-hybridized carbons (Fsp3) is 0.438. The normalized spacial score (nSPS) is 29.7. The molecular formula is C16H18ClNO. The van der Waals surface area contributed by atoms with Crippen molar-refractivity contribution < 1.29 is 4.79 Å². The molecule has 2 nitrogen and oxygen atoms in total. The molecule has 0 bridgehead atoms. The van der Waals surface area contributed by atoms with Crippen molar-refractivity contribution in [2.75, 3.05) is 4.90 Å². The van der Waals surface area contributed by atoms with Crippen LogP contribution in [0.3, 0.4) is 0 Å². The first-order valence-electron chi connectivity index (χ1n) is 6.82. The number of carbonyl (C=O) groups excluding carboxylic acids is 1. The maximum absolute atomic E-state index is 11.8. The molecule has 3 rings (SSSR count). The van der Waals surface area contributed by atoms with Gasteiger partial charge in [-0.3, -0.25) is 4.79 Å². The summed E-state index contributed by atoms with van der Waals surface area (Å²) in [5.74, 6) is 0.974. The fourth-order valence-electron chi connectivity index (χ4n) is 3.29. The predicted molar refractivity (Wildman–Crippen MR) is 78.7 cm³/mol. The number of anilines is 1. The minimum Gasteiger partial charge on any atom is -0.341 e. The Balaban J connectivity index is 2.21. The summed E-state index contributed by atoms with van der Waals surface area (Å²) in [6.45, 7) is 6.52. The topological polar surface area (TPSA) is 20.3 Å². The van der Waals surface area contributed by atoms with Gasteiger partial charge in [-0.2, -0.15) is 0 Å². The Labute approximate surface area is 119 Å². The Morgan fingerprint density at radius 1 is 1.21 bits per heavy atom. The highest BCUT2D eigenvalue weighted by molar-refractivity contribution is 6.30. The number of rotatable bonds is 0. The van der Waals surface area contributed by atoms with Gasteiger partial charge in [0, 0.05) is 40.9 Å². The van der Waals surface area contributed by atoms with Crippen LogP contribution < -0.4 is 4.90 Å². The Hall–Kier alpha value is -1.28. The van der Waals surface area contributed by atoms with Crippen LogP contribution in [0.5, 0.6) is 0 Å². The lowest BCUT2D eigenvalue weighted by Crippen LogP contribution is -2.44. The third-order valence-electron chi connectivity index (χ3n) is 4.48. The molecule has 0 saturated carbocycles. The molecule has 2 aliphatic rings. The molecule has 2 heterocycles. The molecule has 1 aromatic carbocycles. The highest BCUT2D eigenvalue weighted by Crippen LogP contribution is 2.47. The van der Waals surface area contributed by atoms with Crippen LogP contribution in [0, 0.1) is 5.92 Å². The van der Waals surface area contributed by atoms with E-state index >= 15 is 0 Å². The average molecular weight is 276 g/mol. The number of fused-ring (bicyclic) bond motifs is 3. The monoisotopic (exact) mass is 275 g/mol. The van der Waals surface area contributed by atoms with Gasteiger partial charge >= 0.3 is 0 Å². The largest absolute Gasteiger partial charge is 0.341 e. The van der Waals surface area contributed by atoms with Gasteiger partial charge in [0.15, 0.2) is 5.78 Å². The average Bonchev–Trinajstić information content (AvgIpc) is 2.35. The maximum atomic E-state index is 11.8. The van der Waals surface area contributed by atoms with Crippen molar-refractivity contribution in [3.8, 4) is 0 Å². The number of nitrogens with zero attached hydrogens (tertiary/aromatic N) is 1. The predicted octanol–water partition coefficient (Wildman–Crippen LogP) is 4.14. The molecule has 2 aliphatic heterocycles. The van der Waals surface area contributed by atoms with Gasteiger partial charge in [0.1, 0.15) is 0 Å². The number of allylic oxidation sites excluding steroid dienone is 2. The minimum absolute atomic E-state index is 0.224. The van der Waals surface area contributed by atoms with E-state index in [2.05, 4.69) is 37.8 Å². The van der Waals surface area contributed by atoms with Crippen molar-refractivity contribution in [2.24, 2.45) is 5.92 Å². The molecule has 0 saturated heterocycles. The molecule has 0 radical (unpaired) electrons. The van der Waals surface area contributed by atoms with E-state index in [-0.39, 0.29) is 11.8 Å². The molecule has 3 heteroatoms. The van der Waals surface area contributed by atoms with Gasteiger partial charge in [0.2, 0.25) is 0 Å². The number of benzene rings is 1. The highest BCUT2D eigenvalue weighted by atomic mass is 35.5. The number of hydrogen-bond donors (Lipinski definition) is 0. The number of halogens is 1. The van der Waals surface area contributed by atoms with E-state index in [1.165, 1.54) is 11.3 Å². The first-order chi connectivity index (χ1) is 8.99. The standard InChI is InChI=1S/C16H18ClNO/c1-9-6-13(19)8-16-11(3)10(2)14-7-12(17)4-5-15(14)18(9)16/h4-5,7-11H,6H2,1-3H3. The smallest absolute Gasteiger partial charge is 0.159 e. The van der Waals surface area contributed by atoms with Crippen LogP contribution in [-0.2, 0) is 4.79 Å². The van der Waals surface area contributed by atoms with Crippen molar-refractivity contribution in [2.45, 2.75) is 39.2 Å². The third kappa shape index (κ3) is 1.90. The molecule has 0 amide bonds. The number of carbonyl (C=O) groups is 1. The first kappa shape index (κ1) is 12.7. The Morgan fingerprint density at radius 2 is 1.95 bits per heavy atom. The van der Waals surface area contributed by atoms with Gasteiger partial charge in [-0.15, -0.1) is 0 Å². The Bertz CT molecular complexity index is 578. The second-order valence-corrected chi connectivity index (χ2v) is 6.18. The minimum atomic E-state index is 0.224. The van der Waals surface area contributed by atoms with E-state index < -0.39 is 0 Å². The van der Waals surface area contributed by atoms with Crippen molar-refractivity contribution in [3.63, 3.8) is 0 Å². The summed E-state index contributed by atoms with van der Waals surface area (Å²) in [5, 5.41) is 0.783. The number of hydrogen-bond acceptors (Lipinski definition) is 2. The van der Waals surface area contributed by atoms with Gasteiger partial charge in [-0.1, -0.05) is 25.4 Å². The van der Waals surface area contributed by atoms with Gasteiger partial charge in [0.05, 0.1) is 0 Å².